The normalized spacial score (nSPS) is 24.8. The van der Waals surface area contributed by atoms with E-state index >= 15 is 0 Å². The summed E-state index contributed by atoms with van der Waals surface area (Å²) in [7, 11) is 0. The summed E-state index contributed by atoms with van der Waals surface area (Å²) in [5.41, 5.74) is 2.08. The molecule has 0 aromatic heterocycles. The van der Waals surface area contributed by atoms with Crippen LogP contribution in [0.2, 0.25) is 0 Å². The first-order valence-electron chi connectivity index (χ1n) is 5.76. The number of allylic oxidation sites excluding steroid dienone is 2. The van der Waals surface area contributed by atoms with Crippen LogP contribution in [0.5, 0.6) is 0 Å². The Balaban J connectivity index is 0.000000671. The summed E-state index contributed by atoms with van der Waals surface area (Å²) in [6.45, 7) is 13.3. The van der Waals surface area contributed by atoms with E-state index in [0.29, 0.717) is 5.41 Å². The van der Waals surface area contributed by atoms with Gasteiger partial charge in [-0.25, -0.2) is 0 Å². The summed E-state index contributed by atoms with van der Waals surface area (Å²) in [5, 5.41) is 0. The molecule has 0 spiro atoms. The molecule has 1 aliphatic carbocycles. The fraction of sp³-hybridized carbons (Fsp3) is 0.846. The van der Waals surface area contributed by atoms with E-state index in [2.05, 4.69) is 33.8 Å². The smallest absolute Gasteiger partial charge is 0.0116 e. The zero-order valence-electron chi connectivity index (χ0n) is 10.3. The molecule has 0 aromatic rings. The van der Waals surface area contributed by atoms with Crippen molar-refractivity contribution in [1.29, 1.82) is 0 Å². The molecular formula is C13H26. The van der Waals surface area contributed by atoms with Crippen LogP contribution in [-0.4, -0.2) is 0 Å². The van der Waals surface area contributed by atoms with Gasteiger partial charge in [0.05, 0.1) is 0 Å². The van der Waals surface area contributed by atoms with Crippen molar-refractivity contribution in [3.8, 4) is 0 Å². The summed E-state index contributed by atoms with van der Waals surface area (Å²) in [6.07, 6.45) is 6.45. The molecule has 1 rings (SSSR count). The Kier molecular flexibility index (Phi) is 5.36. The van der Waals surface area contributed by atoms with Crippen molar-refractivity contribution in [3.05, 3.63) is 11.6 Å². The molecule has 0 amide bonds. The van der Waals surface area contributed by atoms with Crippen LogP contribution in [0.1, 0.15) is 60.8 Å². The first kappa shape index (κ1) is 12.7. The van der Waals surface area contributed by atoms with Crippen LogP contribution in [0.25, 0.3) is 0 Å². The van der Waals surface area contributed by atoms with Crippen LogP contribution in [0.15, 0.2) is 11.6 Å². The van der Waals surface area contributed by atoms with Gasteiger partial charge in [-0.05, 0) is 31.1 Å². The van der Waals surface area contributed by atoms with Gasteiger partial charge in [0.25, 0.3) is 0 Å². The predicted molar refractivity (Wildman–Crippen MR) is 61.9 cm³/mol. The fourth-order valence-corrected chi connectivity index (χ4v) is 2.03. The lowest BCUT2D eigenvalue weighted by Gasteiger charge is -2.29. The summed E-state index contributed by atoms with van der Waals surface area (Å²) in [4.78, 5) is 0. The topological polar surface area (TPSA) is 0 Å². The van der Waals surface area contributed by atoms with Crippen LogP contribution in [0.3, 0.4) is 0 Å². The van der Waals surface area contributed by atoms with Gasteiger partial charge in [-0.3, -0.25) is 0 Å². The summed E-state index contributed by atoms with van der Waals surface area (Å²) in [5.74, 6) is 0.910. The second-order valence-corrected chi connectivity index (χ2v) is 4.33. The molecule has 0 saturated heterocycles. The van der Waals surface area contributed by atoms with Crippen molar-refractivity contribution in [1.82, 2.24) is 0 Å². The standard InChI is InChI=1S/C11H20.C2H6/c1-5-6-10-8-7-9(2)11(10,3)4;1-2/h7,10H,5-6,8H2,1-4H3;1-2H3. The molecule has 0 fully saturated rings. The first-order chi connectivity index (χ1) is 6.09. The highest BCUT2D eigenvalue weighted by Crippen LogP contribution is 2.44. The molecule has 0 heterocycles. The quantitative estimate of drug-likeness (QED) is 0.538. The van der Waals surface area contributed by atoms with Crippen molar-refractivity contribution < 1.29 is 0 Å². The minimum Gasteiger partial charge on any atom is -0.0848 e. The molecule has 0 saturated carbocycles. The second kappa shape index (κ2) is 5.47. The van der Waals surface area contributed by atoms with Gasteiger partial charge in [0, 0.05) is 0 Å². The zero-order chi connectivity index (χ0) is 10.5. The second-order valence-electron chi connectivity index (χ2n) is 4.33. The largest absolute Gasteiger partial charge is 0.0848 e. The van der Waals surface area contributed by atoms with Gasteiger partial charge in [0.1, 0.15) is 0 Å². The Bertz CT molecular complexity index is 163. The first-order valence-corrected chi connectivity index (χ1v) is 5.76. The van der Waals surface area contributed by atoms with Crippen molar-refractivity contribution in [2.75, 3.05) is 0 Å². The van der Waals surface area contributed by atoms with E-state index in [1.54, 1.807) is 5.57 Å². The minimum atomic E-state index is 0.482. The van der Waals surface area contributed by atoms with Crippen molar-refractivity contribution in [3.63, 3.8) is 0 Å². The lowest BCUT2D eigenvalue weighted by atomic mass is 9.76. The maximum Gasteiger partial charge on any atom is -0.0116 e. The third-order valence-electron chi connectivity index (χ3n) is 3.38. The number of hydrogen-bond acceptors (Lipinski definition) is 0. The highest BCUT2D eigenvalue weighted by molar-refractivity contribution is 5.17. The fourth-order valence-electron chi connectivity index (χ4n) is 2.03. The minimum absolute atomic E-state index is 0.482. The molecule has 0 bridgehead atoms. The summed E-state index contributed by atoms with van der Waals surface area (Å²) >= 11 is 0. The van der Waals surface area contributed by atoms with E-state index in [0.717, 1.165) is 5.92 Å². The Hall–Kier alpha value is -0.260. The van der Waals surface area contributed by atoms with E-state index in [9.17, 15) is 0 Å². The van der Waals surface area contributed by atoms with E-state index in [4.69, 9.17) is 0 Å². The third-order valence-corrected chi connectivity index (χ3v) is 3.38. The molecule has 78 valence electrons. The SMILES string of the molecule is CC.CCCC1CC=C(C)C1(C)C. The highest BCUT2D eigenvalue weighted by Gasteiger charge is 2.33. The van der Waals surface area contributed by atoms with Crippen molar-refractivity contribution >= 4 is 0 Å². The highest BCUT2D eigenvalue weighted by atomic mass is 14.4. The van der Waals surface area contributed by atoms with Crippen molar-refractivity contribution in [2.24, 2.45) is 11.3 Å². The molecule has 13 heavy (non-hydrogen) atoms. The van der Waals surface area contributed by atoms with Crippen LogP contribution in [0, 0.1) is 11.3 Å². The van der Waals surface area contributed by atoms with E-state index < -0.39 is 0 Å². The van der Waals surface area contributed by atoms with E-state index in [1.165, 1.54) is 19.3 Å². The lowest BCUT2D eigenvalue weighted by Crippen LogP contribution is -2.19. The van der Waals surface area contributed by atoms with Gasteiger partial charge in [0.15, 0.2) is 0 Å². The van der Waals surface area contributed by atoms with Gasteiger partial charge < -0.3 is 0 Å². The summed E-state index contributed by atoms with van der Waals surface area (Å²) < 4.78 is 0. The monoisotopic (exact) mass is 182 g/mol. The zero-order valence-corrected chi connectivity index (χ0v) is 10.3. The van der Waals surface area contributed by atoms with Gasteiger partial charge >= 0.3 is 0 Å². The van der Waals surface area contributed by atoms with Crippen LogP contribution in [-0.2, 0) is 0 Å². The molecule has 0 nitrogen and oxygen atoms in total. The predicted octanol–water partition coefficient (Wildman–Crippen LogP) is 4.81. The Morgan fingerprint density at radius 1 is 1.38 bits per heavy atom. The Morgan fingerprint density at radius 3 is 2.23 bits per heavy atom. The van der Waals surface area contributed by atoms with Crippen LogP contribution in [0.4, 0.5) is 0 Å². The molecule has 1 aliphatic rings. The van der Waals surface area contributed by atoms with Gasteiger partial charge in [0.2, 0.25) is 0 Å². The molecular weight excluding hydrogens is 156 g/mol. The molecule has 0 heteroatoms. The van der Waals surface area contributed by atoms with Crippen LogP contribution < -0.4 is 0 Å². The Morgan fingerprint density at radius 2 is 1.92 bits per heavy atom. The number of rotatable bonds is 2. The molecule has 1 unspecified atom stereocenters. The van der Waals surface area contributed by atoms with Gasteiger partial charge in [-0.2, -0.15) is 0 Å². The van der Waals surface area contributed by atoms with E-state index in [-0.39, 0.29) is 0 Å². The van der Waals surface area contributed by atoms with E-state index in [1.807, 2.05) is 13.8 Å². The maximum absolute atomic E-state index is 2.42. The average Bonchev–Trinajstić information content (AvgIpc) is 2.36. The van der Waals surface area contributed by atoms with Gasteiger partial charge in [-0.15, -0.1) is 0 Å². The summed E-state index contributed by atoms with van der Waals surface area (Å²) in [6, 6.07) is 0. The maximum atomic E-state index is 2.42. The Labute approximate surface area is 84.4 Å². The van der Waals surface area contributed by atoms with Gasteiger partial charge in [-0.1, -0.05) is 52.7 Å². The van der Waals surface area contributed by atoms with Crippen LogP contribution >= 0.6 is 0 Å². The third kappa shape index (κ3) is 2.86. The molecule has 0 N–H and O–H groups in total. The molecule has 0 aliphatic heterocycles. The number of hydrogen-bond donors (Lipinski definition) is 0. The molecule has 0 aromatic carbocycles. The molecule has 1 atom stereocenters. The van der Waals surface area contributed by atoms with Crippen molar-refractivity contribution in [2.45, 2.75) is 60.8 Å². The molecule has 0 radical (unpaired) electrons. The average molecular weight is 182 g/mol. The lowest BCUT2D eigenvalue weighted by molar-refractivity contribution is 0.273.